The number of nitrogens with zero attached hydrogens (tertiary/aromatic N) is 2. The van der Waals surface area contributed by atoms with E-state index >= 15 is 0 Å². The maximum absolute atomic E-state index is 7.40. The minimum atomic E-state index is -0.151. The summed E-state index contributed by atoms with van der Waals surface area (Å²) in [4.78, 5) is 5.27. The molecule has 0 radical (unpaired) electrons. The minimum absolute atomic E-state index is 0.107. The number of halogens is 1. The highest BCUT2D eigenvalue weighted by Gasteiger charge is 2.46. The average molecular weight is 1060 g/mol. The van der Waals surface area contributed by atoms with Gasteiger partial charge in [0.15, 0.2) is 0 Å². The van der Waals surface area contributed by atoms with Gasteiger partial charge in [-0.2, -0.15) is 0 Å². The quantitative estimate of drug-likeness (QED) is 0.147. The topological polar surface area (TPSA) is 6.48 Å². The van der Waals surface area contributed by atoms with Crippen molar-refractivity contribution >= 4 is 68.8 Å². The smallest absolute Gasteiger partial charge is 0.252 e. The molecule has 0 atom stereocenters. The van der Waals surface area contributed by atoms with Crippen LogP contribution in [-0.4, -0.2) is 6.71 Å². The summed E-state index contributed by atoms with van der Waals surface area (Å²) in [6, 6.07) is 82.3. The van der Waals surface area contributed by atoms with E-state index < -0.39 is 0 Å². The Morgan fingerprint density at radius 3 is 1.00 bits per heavy atom. The Bertz CT molecular complexity index is 3830. The average Bonchev–Trinajstić information content (AvgIpc) is 3.49. The Morgan fingerprint density at radius 1 is 0.287 bits per heavy atom. The molecule has 2 aliphatic rings. The number of hydrogen-bond donors (Lipinski definition) is 0. The molecule has 0 spiro atoms. The number of para-hydroxylation sites is 1. The molecule has 0 fully saturated rings. The molecule has 0 N–H and O–H groups in total. The molecular formula is C76H72BClN2. The fourth-order valence-electron chi connectivity index (χ4n) is 12.2. The van der Waals surface area contributed by atoms with Gasteiger partial charge in [0.05, 0.1) is 11.4 Å². The van der Waals surface area contributed by atoms with Gasteiger partial charge >= 0.3 is 0 Å². The molecule has 0 aliphatic carbocycles. The van der Waals surface area contributed by atoms with E-state index in [0.717, 1.165) is 61.9 Å². The third kappa shape index (κ3) is 9.48. The van der Waals surface area contributed by atoms with Crippen molar-refractivity contribution in [3.8, 4) is 55.6 Å². The highest BCUT2D eigenvalue weighted by Crippen LogP contribution is 2.55. The van der Waals surface area contributed by atoms with Crippen molar-refractivity contribution in [1.82, 2.24) is 0 Å². The Kier molecular flexibility index (Phi) is 13.0. The van der Waals surface area contributed by atoms with Gasteiger partial charge in [-0.1, -0.05) is 258 Å². The molecule has 80 heavy (non-hydrogen) atoms. The zero-order valence-corrected chi connectivity index (χ0v) is 49.4. The summed E-state index contributed by atoms with van der Waals surface area (Å²) >= 11 is 7.40. The maximum Gasteiger partial charge on any atom is 0.252 e. The molecule has 0 bridgehead atoms. The second-order valence-corrected chi connectivity index (χ2v) is 26.8. The molecule has 2 nitrogen and oxygen atoms in total. The van der Waals surface area contributed by atoms with Crippen LogP contribution in [0.25, 0.3) is 55.6 Å². The lowest BCUT2D eigenvalue weighted by molar-refractivity contribution is 0.569. The van der Waals surface area contributed by atoms with Crippen LogP contribution >= 0.6 is 11.6 Å². The van der Waals surface area contributed by atoms with Gasteiger partial charge in [0.25, 0.3) is 6.71 Å². The standard InChI is InChI=1S/C76H72BClN2/c1-73(2,3)55-39-53(40-56(43-55)74(4,5)6)54-41-68-70-69(42-54)80(72-62(51-31-21-15-22-32-51)46-58(76(10,11)12)47-63(72)52-33-23-16-24-34-52)67-48-59(78)37-38-65(67)77(70)64-35-25-26-36-66(64)79(68)71-60(49-27-17-13-18-28-49)44-57(75(7,8)9)45-61(71)50-29-19-14-20-30-50/h13-48H,1-12H3. The molecule has 0 amide bonds. The van der Waals surface area contributed by atoms with Gasteiger partial charge in [0.1, 0.15) is 0 Å². The van der Waals surface area contributed by atoms with E-state index in [2.05, 4.69) is 311 Å². The summed E-state index contributed by atoms with van der Waals surface area (Å²) in [7, 11) is 0. The first-order valence-corrected chi connectivity index (χ1v) is 28.9. The van der Waals surface area contributed by atoms with Crippen LogP contribution in [0.5, 0.6) is 0 Å². The Hall–Kier alpha value is -7.85. The number of fused-ring (bicyclic) bond motifs is 4. The van der Waals surface area contributed by atoms with E-state index in [1.165, 1.54) is 66.5 Å². The molecule has 0 aromatic heterocycles. The predicted octanol–water partition coefficient (Wildman–Crippen LogP) is 19.9. The second-order valence-electron chi connectivity index (χ2n) is 26.4. The summed E-state index contributed by atoms with van der Waals surface area (Å²) in [6.45, 7) is 27.9. The highest BCUT2D eigenvalue weighted by atomic mass is 35.5. The van der Waals surface area contributed by atoms with E-state index in [1.807, 2.05) is 0 Å². The fraction of sp³-hybridized carbons (Fsp3) is 0.211. The van der Waals surface area contributed by atoms with E-state index in [1.54, 1.807) is 0 Å². The summed E-state index contributed by atoms with van der Waals surface area (Å²) in [5.41, 5.74) is 26.8. The molecular weight excluding hydrogens is 987 g/mol. The summed E-state index contributed by atoms with van der Waals surface area (Å²) < 4.78 is 0. The van der Waals surface area contributed by atoms with Crippen LogP contribution in [0, 0.1) is 0 Å². The van der Waals surface area contributed by atoms with Crippen molar-refractivity contribution in [2.45, 2.75) is 105 Å². The summed E-state index contributed by atoms with van der Waals surface area (Å²) in [6.07, 6.45) is 0. The highest BCUT2D eigenvalue weighted by molar-refractivity contribution is 7.00. The van der Waals surface area contributed by atoms with Crippen LogP contribution in [0.3, 0.4) is 0 Å². The largest absolute Gasteiger partial charge is 0.310 e. The van der Waals surface area contributed by atoms with Crippen LogP contribution in [-0.2, 0) is 21.7 Å². The zero-order valence-electron chi connectivity index (χ0n) is 48.6. The Balaban J connectivity index is 1.31. The summed E-state index contributed by atoms with van der Waals surface area (Å²) in [5, 5.41) is 0.694. The summed E-state index contributed by atoms with van der Waals surface area (Å²) in [5.74, 6) is 0. The maximum atomic E-state index is 7.40. The van der Waals surface area contributed by atoms with Crippen molar-refractivity contribution in [3.63, 3.8) is 0 Å². The van der Waals surface area contributed by atoms with Crippen LogP contribution in [0.2, 0.25) is 5.02 Å². The first kappa shape index (κ1) is 52.8. The van der Waals surface area contributed by atoms with Crippen molar-refractivity contribution in [3.05, 3.63) is 246 Å². The molecule has 2 heterocycles. The van der Waals surface area contributed by atoms with Gasteiger partial charge in [-0.3, -0.25) is 0 Å². The SMILES string of the molecule is CC(C)(C)c1cc(-c2cc3c4c(c2)N(c2c(-c5ccccc5)cc(C(C)(C)C)cc2-c2ccccc2)c2cc(Cl)ccc2B4c2ccccc2N3c2c(-c3ccccc3)cc(C(C)(C)C)cc2-c2ccccc2)cc(C(C)(C)C)c1. The van der Waals surface area contributed by atoms with E-state index in [4.69, 9.17) is 11.6 Å². The number of benzene rings is 10. The lowest BCUT2D eigenvalue weighted by Gasteiger charge is -2.46. The molecule has 396 valence electrons. The van der Waals surface area contributed by atoms with Crippen LogP contribution < -0.4 is 26.2 Å². The van der Waals surface area contributed by atoms with Gasteiger partial charge in [-0.25, -0.2) is 0 Å². The third-order valence-corrected chi connectivity index (χ3v) is 16.9. The first-order valence-electron chi connectivity index (χ1n) is 28.6. The number of hydrogen-bond acceptors (Lipinski definition) is 2. The Morgan fingerprint density at radius 2 is 0.613 bits per heavy atom. The van der Waals surface area contributed by atoms with Crippen molar-refractivity contribution in [2.75, 3.05) is 9.80 Å². The fourth-order valence-corrected chi connectivity index (χ4v) is 12.4. The van der Waals surface area contributed by atoms with Crippen LogP contribution in [0.15, 0.2) is 218 Å². The van der Waals surface area contributed by atoms with Gasteiger partial charge in [0.2, 0.25) is 0 Å². The molecule has 0 unspecified atom stereocenters. The number of rotatable bonds is 7. The van der Waals surface area contributed by atoms with E-state index in [0.29, 0.717) is 5.02 Å². The molecule has 10 aromatic rings. The molecule has 10 aromatic carbocycles. The molecule has 0 saturated heterocycles. The molecule has 4 heteroatoms. The van der Waals surface area contributed by atoms with Crippen LogP contribution in [0.4, 0.5) is 34.1 Å². The first-order chi connectivity index (χ1) is 38.1. The van der Waals surface area contributed by atoms with Gasteiger partial charge in [-0.15, -0.1) is 0 Å². The van der Waals surface area contributed by atoms with Gasteiger partial charge < -0.3 is 9.80 Å². The van der Waals surface area contributed by atoms with Crippen molar-refractivity contribution in [1.29, 1.82) is 0 Å². The van der Waals surface area contributed by atoms with E-state index in [-0.39, 0.29) is 28.4 Å². The van der Waals surface area contributed by atoms with Crippen molar-refractivity contribution < 1.29 is 0 Å². The number of anilines is 6. The normalized spacial score (nSPS) is 13.2. The predicted molar refractivity (Wildman–Crippen MR) is 347 cm³/mol. The van der Waals surface area contributed by atoms with Crippen LogP contribution in [0.1, 0.15) is 105 Å². The Labute approximate surface area is 481 Å². The molecule has 0 saturated carbocycles. The lowest BCUT2D eigenvalue weighted by atomic mass is 9.33. The molecule has 2 aliphatic heterocycles. The third-order valence-electron chi connectivity index (χ3n) is 16.7. The lowest BCUT2D eigenvalue weighted by Crippen LogP contribution is -2.61. The van der Waals surface area contributed by atoms with Gasteiger partial charge in [-0.05, 0) is 148 Å². The zero-order chi connectivity index (χ0) is 56.0. The monoisotopic (exact) mass is 1060 g/mol. The minimum Gasteiger partial charge on any atom is -0.310 e. The second kappa shape index (κ2) is 19.8. The van der Waals surface area contributed by atoms with Gasteiger partial charge in [0, 0.05) is 50.0 Å². The van der Waals surface area contributed by atoms with Crippen molar-refractivity contribution in [2.24, 2.45) is 0 Å². The van der Waals surface area contributed by atoms with E-state index in [9.17, 15) is 0 Å². The molecule has 12 rings (SSSR count).